The van der Waals surface area contributed by atoms with Crippen LogP contribution >= 0.6 is 0 Å². The van der Waals surface area contributed by atoms with Gasteiger partial charge in [-0.15, -0.1) is 0 Å². The molecular formula is C13H23N. The smallest absolute Gasteiger partial charge is 0.0108 e. The maximum absolute atomic E-state index is 3.37. The Bertz CT molecular complexity index is 225. The first-order valence-corrected chi connectivity index (χ1v) is 5.96. The predicted octanol–water partition coefficient (Wildman–Crippen LogP) is 3.43. The molecule has 0 aromatic carbocycles. The molecule has 0 aromatic rings. The molecule has 1 heteroatoms. The van der Waals surface area contributed by atoms with Gasteiger partial charge in [-0.05, 0) is 50.3 Å². The Morgan fingerprint density at radius 1 is 1.14 bits per heavy atom. The average molecular weight is 193 g/mol. The van der Waals surface area contributed by atoms with Gasteiger partial charge in [0.05, 0.1) is 0 Å². The molecule has 0 amide bonds. The minimum Gasteiger partial charge on any atom is -0.317 e. The van der Waals surface area contributed by atoms with Crippen LogP contribution in [-0.2, 0) is 0 Å². The van der Waals surface area contributed by atoms with E-state index >= 15 is 0 Å². The first-order chi connectivity index (χ1) is 6.90. The van der Waals surface area contributed by atoms with Crippen molar-refractivity contribution in [2.24, 2.45) is 0 Å². The first-order valence-electron chi connectivity index (χ1n) is 5.96. The molecule has 2 aliphatic carbocycles. The van der Waals surface area contributed by atoms with Gasteiger partial charge in [0.2, 0.25) is 0 Å². The van der Waals surface area contributed by atoms with Crippen LogP contribution in [0.25, 0.3) is 0 Å². The molecule has 0 aliphatic heterocycles. The molecule has 1 N–H and O–H groups in total. The summed E-state index contributed by atoms with van der Waals surface area (Å²) < 4.78 is 0. The Morgan fingerprint density at radius 2 is 1.79 bits per heavy atom. The van der Waals surface area contributed by atoms with Crippen LogP contribution in [0.3, 0.4) is 0 Å². The summed E-state index contributed by atoms with van der Waals surface area (Å²) in [7, 11) is 2.07. The summed E-state index contributed by atoms with van der Waals surface area (Å²) in [5.74, 6) is 0. The van der Waals surface area contributed by atoms with Gasteiger partial charge in [0, 0.05) is 6.04 Å². The molecule has 0 spiro atoms. The van der Waals surface area contributed by atoms with Gasteiger partial charge in [0.1, 0.15) is 0 Å². The van der Waals surface area contributed by atoms with Gasteiger partial charge in [-0.2, -0.15) is 0 Å². The van der Waals surface area contributed by atoms with Gasteiger partial charge in [0.25, 0.3) is 0 Å². The number of nitrogens with one attached hydrogen (secondary N) is 1. The lowest BCUT2D eigenvalue weighted by Gasteiger charge is -2.28. The van der Waals surface area contributed by atoms with E-state index in [1.165, 1.54) is 32.1 Å². The van der Waals surface area contributed by atoms with Gasteiger partial charge in [-0.1, -0.05) is 26.0 Å². The summed E-state index contributed by atoms with van der Waals surface area (Å²) in [5.41, 5.74) is 3.25. The van der Waals surface area contributed by atoms with Crippen molar-refractivity contribution in [2.45, 2.75) is 52.0 Å². The maximum atomic E-state index is 3.37. The highest BCUT2D eigenvalue weighted by atomic mass is 14.9. The maximum Gasteiger partial charge on any atom is 0.0108 e. The number of hydrogen-bond donors (Lipinski definition) is 1. The molecular weight excluding hydrogens is 170 g/mol. The second-order valence-electron chi connectivity index (χ2n) is 3.76. The summed E-state index contributed by atoms with van der Waals surface area (Å²) in [6, 6.07) is 0.728. The van der Waals surface area contributed by atoms with Crippen LogP contribution in [0.4, 0.5) is 0 Å². The number of allylic oxidation sites excluding steroid dienone is 3. The topological polar surface area (TPSA) is 12.0 Å². The van der Waals surface area contributed by atoms with E-state index in [0.29, 0.717) is 0 Å². The standard InChI is InChI=1S/C11H17N.C2H6/c1-12-11-7-6-9-4-2-3-5-10(9)8-11;1-2/h4-5,11-12H,2-3,6-8H2,1H3;1-2H3/t11-;/m0./s1. The van der Waals surface area contributed by atoms with E-state index in [1.54, 1.807) is 11.1 Å². The molecule has 0 unspecified atom stereocenters. The molecule has 0 heterocycles. The van der Waals surface area contributed by atoms with Crippen LogP contribution in [0.1, 0.15) is 46.0 Å². The fourth-order valence-corrected chi connectivity index (χ4v) is 2.20. The molecule has 2 rings (SSSR count). The second kappa shape index (κ2) is 6.02. The number of hydrogen-bond acceptors (Lipinski definition) is 1. The Balaban J connectivity index is 0.000000461. The third-order valence-electron chi connectivity index (χ3n) is 3.00. The van der Waals surface area contributed by atoms with E-state index in [2.05, 4.69) is 24.5 Å². The van der Waals surface area contributed by atoms with E-state index in [-0.39, 0.29) is 0 Å². The molecule has 14 heavy (non-hydrogen) atoms. The van der Waals surface area contributed by atoms with Crippen molar-refractivity contribution in [3.05, 3.63) is 23.3 Å². The predicted molar refractivity (Wildman–Crippen MR) is 63.4 cm³/mol. The molecule has 2 aliphatic rings. The highest BCUT2D eigenvalue weighted by Crippen LogP contribution is 2.32. The van der Waals surface area contributed by atoms with E-state index in [0.717, 1.165) is 6.04 Å². The average Bonchev–Trinajstić information content (AvgIpc) is 2.31. The number of rotatable bonds is 1. The molecule has 0 radical (unpaired) electrons. The van der Waals surface area contributed by atoms with Crippen LogP contribution in [-0.4, -0.2) is 13.1 Å². The van der Waals surface area contributed by atoms with Crippen LogP contribution < -0.4 is 5.32 Å². The summed E-state index contributed by atoms with van der Waals surface area (Å²) >= 11 is 0. The van der Waals surface area contributed by atoms with Gasteiger partial charge in [0.15, 0.2) is 0 Å². The third kappa shape index (κ3) is 2.71. The quantitative estimate of drug-likeness (QED) is 0.672. The Hall–Kier alpha value is -0.560. The summed E-state index contributed by atoms with van der Waals surface area (Å²) in [4.78, 5) is 0. The first kappa shape index (κ1) is 11.5. The van der Waals surface area contributed by atoms with Gasteiger partial charge in [-0.25, -0.2) is 0 Å². The Morgan fingerprint density at radius 3 is 2.43 bits per heavy atom. The fraction of sp³-hybridized carbons (Fsp3) is 0.692. The normalized spacial score (nSPS) is 25.2. The van der Waals surface area contributed by atoms with Crippen LogP contribution in [0.15, 0.2) is 23.3 Å². The van der Waals surface area contributed by atoms with Crippen molar-refractivity contribution >= 4 is 0 Å². The van der Waals surface area contributed by atoms with E-state index in [1.807, 2.05) is 13.8 Å². The Kier molecular flexibility index (Phi) is 4.95. The van der Waals surface area contributed by atoms with E-state index in [4.69, 9.17) is 0 Å². The van der Waals surface area contributed by atoms with Crippen LogP contribution in [0.5, 0.6) is 0 Å². The lowest BCUT2D eigenvalue weighted by atomic mass is 9.83. The van der Waals surface area contributed by atoms with Crippen molar-refractivity contribution in [3.63, 3.8) is 0 Å². The molecule has 0 bridgehead atoms. The highest BCUT2D eigenvalue weighted by molar-refractivity contribution is 5.36. The van der Waals surface area contributed by atoms with E-state index < -0.39 is 0 Å². The molecule has 0 saturated heterocycles. The largest absolute Gasteiger partial charge is 0.317 e. The van der Waals surface area contributed by atoms with E-state index in [9.17, 15) is 0 Å². The zero-order valence-electron chi connectivity index (χ0n) is 9.77. The molecule has 1 saturated carbocycles. The third-order valence-corrected chi connectivity index (χ3v) is 3.00. The highest BCUT2D eigenvalue weighted by Gasteiger charge is 2.19. The summed E-state index contributed by atoms with van der Waals surface area (Å²) in [6.07, 6.45) is 11.2. The summed E-state index contributed by atoms with van der Waals surface area (Å²) in [5, 5.41) is 3.37. The van der Waals surface area contributed by atoms with Crippen LogP contribution in [0, 0.1) is 0 Å². The lowest BCUT2D eigenvalue weighted by Crippen LogP contribution is -2.29. The van der Waals surface area contributed by atoms with Crippen molar-refractivity contribution in [1.29, 1.82) is 0 Å². The van der Waals surface area contributed by atoms with Crippen molar-refractivity contribution in [2.75, 3.05) is 7.05 Å². The van der Waals surface area contributed by atoms with Crippen molar-refractivity contribution in [3.8, 4) is 0 Å². The molecule has 80 valence electrons. The minimum atomic E-state index is 0.728. The summed E-state index contributed by atoms with van der Waals surface area (Å²) in [6.45, 7) is 4.00. The monoisotopic (exact) mass is 193 g/mol. The van der Waals surface area contributed by atoms with Crippen LogP contribution in [0.2, 0.25) is 0 Å². The SMILES string of the molecule is CC.CN[C@H]1CCC2=CCCC=C2C1. The Labute approximate surface area is 88.3 Å². The van der Waals surface area contributed by atoms with Crippen molar-refractivity contribution < 1.29 is 0 Å². The molecule has 1 nitrogen and oxygen atoms in total. The van der Waals surface area contributed by atoms with Gasteiger partial charge >= 0.3 is 0 Å². The molecule has 0 aromatic heterocycles. The van der Waals surface area contributed by atoms with Gasteiger partial charge < -0.3 is 5.32 Å². The zero-order chi connectivity index (χ0) is 10.4. The molecule has 1 fully saturated rings. The molecule has 1 atom stereocenters. The fourth-order valence-electron chi connectivity index (χ4n) is 2.20. The second-order valence-corrected chi connectivity index (χ2v) is 3.76. The zero-order valence-corrected chi connectivity index (χ0v) is 9.77. The lowest BCUT2D eigenvalue weighted by molar-refractivity contribution is 0.489. The van der Waals surface area contributed by atoms with Gasteiger partial charge in [-0.3, -0.25) is 0 Å². The number of fused-ring (bicyclic) bond motifs is 1. The van der Waals surface area contributed by atoms with Crippen molar-refractivity contribution in [1.82, 2.24) is 5.32 Å². The minimum absolute atomic E-state index is 0.728.